The third kappa shape index (κ3) is 2.48. The highest BCUT2D eigenvalue weighted by Gasteiger charge is 2.40. The van der Waals surface area contributed by atoms with Gasteiger partial charge in [0.2, 0.25) is 0 Å². The molecule has 3 saturated carbocycles. The maximum absolute atomic E-state index is 3.76. The molecular weight excluding hydrogens is 172 g/mol. The van der Waals surface area contributed by atoms with Crippen molar-refractivity contribution in [3.05, 3.63) is 0 Å². The van der Waals surface area contributed by atoms with Crippen molar-refractivity contribution in [1.82, 2.24) is 10.6 Å². The van der Waals surface area contributed by atoms with Gasteiger partial charge in [-0.15, -0.1) is 0 Å². The predicted molar refractivity (Wildman–Crippen MR) is 58.3 cm³/mol. The van der Waals surface area contributed by atoms with E-state index in [9.17, 15) is 0 Å². The van der Waals surface area contributed by atoms with E-state index < -0.39 is 0 Å². The fraction of sp³-hybridized carbons (Fsp3) is 1.00. The first-order valence-electron chi connectivity index (χ1n) is 6.40. The molecule has 0 spiro atoms. The topological polar surface area (TPSA) is 24.1 Å². The molecule has 0 aromatic carbocycles. The average molecular weight is 194 g/mol. The lowest BCUT2D eigenvalue weighted by Crippen LogP contribution is -2.38. The van der Waals surface area contributed by atoms with Crippen molar-refractivity contribution >= 4 is 0 Å². The summed E-state index contributed by atoms with van der Waals surface area (Å²) in [5.41, 5.74) is 0. The van der Waals surface area contributed by atoms with E-state index in [-0.39, 0.29) is 0 Å². The number of hydrogen-bond acceptors (Lipinski definition) is 2. The third-order valence-electron chi connectivity index (χ3n) is 3.78. The molecule has 0 unspecified atom stereocenters. The van der Waals surface area contributed by atoms with Crippen LogP contribution in [0.5, 0.6) is 0 Å². The Morgan fingerprint density at radius 3 is 2.00 bits per heavy atom. The van der Waals surface area contributed by atoms with Gasteiger partial charge in [-0.05, 0) is 50.4 Å². The quantitative estimate of drug-likeness (QED) is 0.600. The van der Waals surface area contributed by atoms with Crippen LogP contribution < -0.4 is 10.6 Å². The Bertz CT molecular complexity index is 180. The van der Waals surface area contributed by atoms with Crippen LogP contribution in [-0.2, 0) is 0 Å². The molecule has 14 heavy (non-hydrogen) atoms. The summed E-state index contributed by atoms with van der Waals surface area (Å²) in [4.78, 5) is 0. The minimum Gasteiger partial charge on any atom is -0.313 e. The fourth-order valence-corrected chi connectivity index (χ4v) is 2.43. The maximum Gasteiger partial charge on any atom is 0.0124 e. The van der Waals surface area contributed by atoms with Crippen LogP contribution in [0, 0.1) is 11.8 Å². The Kier molecular flexibility index (Phi) is 2.50. The van der Waals surface area contributed by atoms with Crippen LogP contribution in [0.4, 0.5) is 0 Å². The van der Waals surface area contributed by atoms with Gasteiger partial charge in [0.15, 0.2) is 0 Å². The van der Waals surface area contributed by atoms with Crippen LogP contribution in [0.15, 0.2) is 0 Å². The fourth-order valence-electron chi connectivity index (χ4n) is 2.43. The summed E-state index contributed by atoms with van der Waals surface area (Å²) >= 11 is 0. The van der Waals surface area contributed by atoms with Gasteiger partial charge in [0, 0.05) is 25.2 Å². The van der Waals surface area contributed by atoms with Gasteiger partial charge in [-0.25, -0.2) is 0 Å². The first-order chi connectivity index (χ1) is 6.93. The van der Waals surface area contributed by atoms with Crippen molar-refractivity contribution in [2.75, 3.05) is 13.1 Å². The standard InChI is InChI=1S/C12H22N2/c1-2-9(1)12(10-3-4-10)14-8-7-13-11-5-6-11/h9-14H,1-8H2. The zero-order chi connectivity index (χ0) is 9.38. The minimum atomic E-state index is 0.872. The largest absolute Gasteiger partial charge is 0.313 e. The van der Waals surface area contributed by atoms with Gasteiger partial charge >= 0.3 is 0 Å². The molecule has 0 heterocycles. The molecule has 0 radical (unpaired) electrons. The van der Waals surface area contributed by atoms with Crippen LogP contribution in [-0.4, -0.2) is 25.2 Å². The molecule has 0 amide bonds. The van der Waals surface area contributed by atoms with Crippen LogP contribution in [0.2, 0.25) is 0 Å². The van der Waals surface area contributed by atoms with Crippen molar-refractivity contribution in [3.63, 3.8) is 0 Å². The van der Waals surface area contributed by atoms with E-state index in [1.54, 1.807) is 0 Å². The highest BCUT2D eigenvalue weighted by Crippen LogP contribution is 2.44. The molecule has 2 nitrogen and oxygen atoms in total. The molecule has 2 heteroatoms. The zero-order valence-corrected chi connectivity index (χ0v) is 8.97. The van der Waals surface area contributed by atoms with Crippen molar-refractivity contribution in [3.8, 4) is 0 Å². The normalized spacial score (nSPS) is 27.2. The second kappa shape index (κ2) is 3.82. The number of nitrogens with one attached hydrogen (secondary N) is 2. The summed E-state index contributed by atoms with van der Waals surface area (Å²) in [6.45, 7) is 2.37. The van der Waals surface area contributed by atoms with Gasteiger partial charge in [-0.2, -0.15) is 0 Å². The van der Waals surface area contributed by atoms with Crippen molar-refractivity contribution in [1.29, 1.82) is 0 Å². The van der Waals surface area contributed by atoms with Crippen LogP contribution >= 0.6 is 0 Å². The monoisotopic (exact) mass is 194 g/mol. The summed E-state index contributed by atoms with van der Waals surface area (Å²) in [5.74, 6) is 2.09. The second-order valence-corrected chi connectivity index (χ2v) is 5.38. The molecule has 3 rings (SSSR count). The van der Waals surface area contributed by atoms with Gasteiger partial charge < -0.3 is 10.6 Å². The van der Waals surface area contributed by atoms with E-state index in [0.717, 1.165) is 23.9 Å². The molecule has 0 aromatic heterocycles. The lowest BCUT2D eigenvalue weighted by Gasteiger charge is -2.17. The van der Waals surface area contributed by atoms with Gasteiger partial charge in [0.25, 0.3) is 0 Å². The van der Waals surface area contributed by atoms with Crippen LogP contribution in [0.25, 0.3) is 0 Å². The molecule has 0 bridgehead atoms. The minimum absolute atomic E-state index is 0.872. The third-order valence-corrected chi connectivity index (χ3v) is 3.78. The van der Waals surface area contributed by atoms with E-state index in [4.69, 9.17) is 0 Å². The smallest absolute Gasteiger partial charge is 0.0124 e. The summed E-state index contributed by atoms with van der Waals surface area (Å²) < 4.78 is 0. The number of hydrogen-bond donors (Lipinski definition) is 2. The Labute approximate surface area is 86.8 Å². The Balaban J connectivity index is 1.32. The summed E-state index contributed by atoms with van der Waals surface area (Å²) in [6, 6.07) is 1.76. The SMILES string of the molecule is C(CNC(C1CC1)C1CC1)NC1CC1. The maximum atomic E-state index is 3.76. The molecule has 3 fully saturated rings. The molecule has 3 aliphatic carbocycles. The molecule has 0 saturated heterocycles. The second-order valence-electron chi connectivity index (χ2n) is 5.38. The van der Waals surface area contributed by atoms with Crippen LogP contribution in [0.3, 0.4) is 0 Å². The van der Waals surface area contributed by atoms with E-state index in [0.29, 0.717) is 0 Å². The van der Waals surface area contributed by atoms with E-state index in [1.165, 1.54) is 51.6 Å². The van der Waals surface area contributed by atoms with E-state index in [2.05, 4.69) is 10.6 Å². The van der Waals surface area contributed by atoms with Gasteiger partial charge in [0.1, 0.15) is 0 Å². The zero-order valence-electron chi connectivity index (χ0n) is 8.97. The first kappa shape index (κ1) is 9.17. The summed E-state index contributed by atoms with van der Waals surface area (Å²) in [5, 5.41) is 7.33. The van der Waals surface area contributed by atoms with Crippen molar-refractivity contribution < 1.29 is 0 Å². The van der Waals surface area contributed by atoms with Crippen molar-refractivity contribution in [2.45, 2.75) is 50.6 Å². The lowest BCUT2D eigenvalue weighted by molar-refractivity contribution is 0.414. The van der Waals surface area contributed by atoms with Gasteiger partial charge in [-0.1, -0.05) is 0 Å². The summed E-state index contributed by atoms with van der Waals surface area (Å²) in [7, 11) is 0. The average Bonchev–Trinajstić information content (AvgIpc) is 2.96. The molecule has 0 aliphatic heterocycles. The van der Waals surface area contributed by atoms with Gasteiger partial charge in [-0.3, -0.25) is 0 Å². The number of rotatable bonds is 7. The van der Waals surface area contributed by atoms with Gasteiger partial charge in [0.05, 0.1) is 0 Å². The Morgan fingerprint density at radius 1 is 0.857 bits per heavy atom. The predicted octanol–water partition coefficient (Wildman–Crippen LogP) is 1.52. The highest BCUT2D eigenvalue weighted by atomic mass is 15.0. The summed E-state index contributed by atoms with van der Waals surface area (Å²) in [6.07, 6.45) is 8.78. The molecular formula is C12H22N2. The van der Waals surface area contributed by atoms with E-state index in [1.807, 2.05) is 0 Å². The molecule has 80 valence electrons. The first-order valence-corrected chi connectivity index (χ1v) is 6.40. The Morgan fingerprint density at radius 2 is 1.50 bits per heavy atom. The Hall–Kier alpha value is -0.0800. The molecule has 3 aliphatic rings. The molecule has 0 atom stereocenters. The molecule has 0 aromatic rings. The van der Waals surface area contributed by atoms with Crippen molar-refractivity contribution in [2.24, 2.45) is 11.8 Å². The highest BCUT2D eigenvalue weighted by molar-refractivity contribution is 4.96. The van der Waals surface area contributed by atoms with E-state index >= 15 is 0 Å². The lowest BCUT2D eigenvalue weighted by atomic mass is 10.1. The molecule has 2 N–H and O–H groups in total. The van der Waals surface area contributed by atoms with Crippen LogP contribution in [0.1, 0.15) is 38.5 Å².